The Kier molecular flexibility index (Phi) is 7.99. The largest absolute Gasteiger partial charge is 0.497 e. The zero-order valence-corrected chi connectivity index (χ0v) is 19.2. The van der Waals surface area contributed by atoms with Crippen molar-refractivity contribution in [3.05, 3.63) is 53.1 Å². The maximum atomic E-state index is 12.8. The first-order valence-corrected chi connectivity index (χ1v) is 10.9. The number of benzene rings is 2. The van der Waals surface area contributed by atoms with Crippen LogP contribution in [0.15, 0.2) is 42.5 Å². The van der Waals surface area contributed by atoms with E-state index in [1.165, 1.54) is 19.1 Å². The first-order chi connectivity index (χ1) is 15.4. The van der Waals surface area contributed by atoms with Crippen LogP contribution in [0.1, 0.15) is 23.2 Å². The number of esters is 1. The summed E-state index contributed by atoms with van der Waals surface area (Å²) in [5.41, 5.74) is 0.865. The molecule has 1 aliphatic heterocycles. The van der Waals surface area contributed by atoms with E-state index in [0.717, 1.165) is 0 Å². The second kappa shape index (κ2) is 10.7. The number of methoxy groups -OCH3 is 2. The predicted octanol–water partition coefficient (Wildman–Crippen LogP) is 4.13. The highest BCUT2D eigenvalue weighted by atomic mass is 35.5. The van der Waals surface area contributed by atoms with Gasteiger partial charge in [0.1, 0.15) is 11.5 Å². The first-order valence-electron chi connectivity index (χ1n) is 9.96. The van der Waals surface area contributed by atoms with Gasteiger partial charge in [0.25, 0.3) is 0 Å². The molecule has 2 aromatic carbocycles. The van der Waals surface area contributed by atoms with E-state index in [0.29, 0.717) is 27.8 Å². The van der Waals surface area contributed by atoms with E-state index in [4.69, 9.17) is 37.4 Å². The molecule has 0 unspecified atom stereocenters. The fourth-order valence-corrected chi connectivity index (χ4v) is 3.81. The Morgan fingerprint density at radius 3 is 2.47 bits per heavy atom. The Morgan fingerprint density at radius 2 is 1.84 bits per heavy atom. The molecule has 1 heterocycles. The maximum Gasteiger partial charge on any atom is 0.312 e. The quantitative estimate of drug-likeness (QED) is 0.305. The van der Waals surface area contributed by atoms with E-state index in [9.17, 15) is 14.4 Å². The Hall–Kier alpha value is -2.77. The zero-order valence-electron chi connectivity index (χ0n) is 17.7. The summed E-state index contributed by atoms with van der Waals surface area (Å²) < 4.78 is 16.1. The Labute approximate surface area is 196 Å². The summed E-state index contributed by atoms with van der Waals surface area (Å²) in [5.74, 6) is -0.813. The lowest BCUT2D eigenvalue weighted by Gasteiger charge is -2.21. The minimum absolute atomic E-state index is 0.0398. The average molecular weight is 480 g/mol. The van der Waals surface area contributed by atoms with Crippen molar-refractivity contribution in [1.82, 2.24) is 0 Å². The van der Waals surface area contributed by atoms with Crippen LogP contribution in [0.5, 0.6) is 11.5 Å². The van der Waals surface area contributed by atoms with E-state index in [1.807, 2.05) is 0 Å². The highest BCUT2D eigenvalue weighted by Crippen LogP contribution is 2.36. The molecule has 9 heteroatoms. The second-order valence-corrected chi connectivity index (χ2v) is 8.03. The molecule has 2 atom stereocenters. The van der Waals surface area contributed by atoms with Crippen LogP contribution < -0.4 is 14.4 Å². The molecule has 1 saturated heterocycles. The van der Waals surface area contributed by atoms with Gasteiger partial charge in [-0.3, -0.25) is 14.4 Å². The molecule has 32 heavy (non-hydrogen) atoms. The number of anilines is 1. The number of amides is 1. The van der Waals surface area contributed by atoms with Gasteiger partial charge in [-0.25, -0.2) is 0 Å². The van der Waals surface area contributed by atoms with E-state index in [-0.39, 0.29) is 37.0 Å². The molecule has 0 spiro atoms. The molecule has 0 aromatic heterocycles. The molecule has 1 fully saturated rings. The number of nitrogens with zero attached hydrogens (tertiary/aromatic N) is 1. The van der Waals surface area contributed by atoms with E-state index >= 15 is 0 Å². The van der Waals surface area contributed by atoms with Gasteiger partial charge in [-0.05, 0) is 36.4 Å². The summed E-state index contributed by atoms with van der Waals surface area (Å²) in [6.07, 6.45) is -0.929. The molecule has 3 rings (SSSR count). The Bertz CT molecular complexity index is 994. The van der Waals surface area contributed by atoms with Gasteiger partial charge in [0, 0.05) is 41.9 Å². The minimum Gasteiger partial charge on any atom is -0.497 e. The van der Waals surface area contributed by atoms with Gasteiger partial charge in [-0.2, -0.15) is 0 Å². The average Bonchev–Trinajstić information content (AvgIpc) is 3.19. The molecular formula is C23H23Cl2NO6. The highest BCUT2D eigenvalue weighted by Gasteiger charge is 2.39. The summed E-state index contributed by atoms with van der Waals surface area (Å²) in [4.78, 5) is 39.8. The number of alkyl halides is 1. The number of carbonyl (C=O) groups is 3. The molecule has 0 aliphatic carbocycles. The van der Waals surface area contributed by atoms with Gasteiger partial charge in [-0.1, -0.05) is 11.6 Å². The van der Waals surface area contributed by atoms with Crippen LogP contribution in [-0.4, -0.2) is 50.4 Å². The van der Waals surface area contributed by atoms with Crippen molar-refractivity contribution >= 4 is 46.5 Å². The second-order valence-electron chi connectivity index (χ2n) is 7.22. The SMILES string of the molecule is COc1ccc(OC)c(N2C[C@H](C(=O)O[C@@H](CCCl)C(=O)c3ccc(Cl)cc3)CC2=O)c1. The highest BCUT2D eigenvalue weighted by molar-refractivity contribution is 6.30. The molecule has 0 radical (unpaired) electrons. The number of Topliss-reactive ketones (excluding diaryl/α,β-unsaturated/α-hetero) is 1. The van der Waals surface area contributed by atoms with Crippen LogP contribution >= 0.6 is 23.2 Å². The normalized spacial score (nSPS) is 16.6. The fourth-order valence-electron chi connectivity index (χ4n) is 3.49. The Morgan fingerprint density at radius 1 is 1.12 bits per heavy atom. The van der Waals surface area contributed by atoms with Crippen LogP contribution in [0, 0.1) is 5.92 Å². The van der Waals surface area contributed by atoms with Crippen molar-refractivity contribution in [3.8, 4) is 11.5 Å². The molecule has 1 amide bonds. The van der Waals surface area contributed by atoms with Gasteiger partial charge in [0.15, 0.2) is 6.10 Å². The first kappa shape index (κ1) is 23.9. The standard InChI is InChI=1S/C23H23Cl2NO6/c1-30-17-7-8-19(31-2)18(12-17)26-13-15(11-21(26)27)23(29)32-20(9-10-24)22(28)14-3-5-16(25)6-4-14/h3-8,12,15,20H,9-11,13H2,1-2H3/t15-,20+/m1/s1. The number of rotatable bonds is 9. The molecule has 0 bridgehead atoms. The molecule has 0 N–H and O–H groups in total. The summed E-state index contributed by atoms with van der Waals surface area (Å²) in [7, 11) is 3.02. The number of ketones is 1. The lowest BCUT2D eigenvalue weighted by molar-refractivity contribution is -0.151. The zero-order chi connectivity index (χ0) is 23.3. The van der Waals surface area contributed by atoms with Gasteiger partial charge >= 0.3 is 5.97 Å². The van der Waals surface area contributed by atoms with Crippen molar-refractivity contribution in [3.63, 3.8) is 0 Å². The van der Waals surface area contributed by atoms with E-state index in [2.05, 4.69) is 0 Å². The lowest BCUT2D eigenvalue weighted by Crippen LogP contribution is -2.32. The summed E-state index contributed by atoms with van der Waals surface area (Å²) in [5, 5.41) is 0.491. The van der Waals surface area contributed by atoms with Crippen molar-refractivity contribution < 1.29 is 28.6 Å². The van der Waals surface area contributed by atoms with Crippen molar-refractivity contribution in [2.45, 2.75) is 18.9 Å². The number of ether oxygens (including phenoxy) is 3. The van der Waals surface area contributed by atoms with Gasteiger partial charge < -0.3 is 19.1 Å². The van der Waals surface area contributed by atoms with Crippen LogP contribution in [0.4, 0.5) is 5.69 Å². The van der Waals surface area contributed by atoms with E-state index < -0.39 is 18.0 Å². The van der Waals surface area contributed by atoms with Gasteiger partial charge in [0.05, 0.1) is 25.8 Å². The Balaban J connectivity index is 1.74. The molecule has 2 aromatic rings. The third-order valence-corrected chi connectivity index (χ3v) is 5.66. The minimum atomic E-state index is -1.04. The number of hydrogen-bond donors (Lipinski definition) is 0. The molecule has 170 valence electrons. The topological polar surface area (TPSA) is 82.1 Å². The maximum absolute atomic E-state index is 12.8. The smallest absolute Gasteiger partial charge is 0.312 e. The molecule has 1 aliphatic rings. The molecule has 7 nitrogen and oxygen atoms in total. The van der Waals surface area contributed by atoms with Crippen molar-refractivity contribution in [2.75, 3.05) is 31.5 Å². The molecule has 0 saturated carbocycles. The number of carbonyl (C=O) groups excluding carboxylic acids is 3. The van der Waals surface area contributed by atoms with Crippen LogP contribution in [-0.2, 0) is 14.3 Å². The predicted molar refractivity (Wildman–Crippen MR) is 121 cm³/mol. The fraction of sp³-hybridized carbons (Fsp3) is 0.348. The monoisotopic (exact) mass is 479 g/mol. The van der Waals surface area contributed by atoms with E-state index in [1.54, 1.807) is 42.5 Å². The molecular weight excluding hydrogens is 457 g/mol. The van der Waals surface area contributed by atoms with Gasteiger partial charge in [0.2, 0.25) is 11.7 Å². The van der Waals surface area contributed by atoms with Crippen molar-refractivity contribution in [2.24, 2.45) is 5.92 Å². The van der Waals surface area contributed by atoms with Crippen LogP contribution in [0.25, 0.3) is 0 Å². The number of halogens is 2. The summed E-state index contributed by atoms with van der Waals surface area (Å²) >= 11 is 11.7. The van der Waals surface area contributed by atoms with Crippen LogP contribution in [0.2, 0.25) is 5.02 Å². The van der Waals surface area contributed by atoms with Crippen molar-refractivity contribution in [1.29, 1.82) is 0 Å². The lowest BCUT2D eigenvalue weighted by atomic mass is 10.0. The summed E-state index contributed by atoms with van der Waals surface area (Å²) in [6.45, 7) is 0.101. The van der Waals surface area contributed by atoms with Crippen LogP contribution in [0.3, 0.4) is 0 Å². The van der Waals surface area contributed by atoms with Gasteiger partial charge in [-0.15, -0.1) is 11.6 Å². The number of hydrogen-bond acceptors (Lipinski definition) is 6. The third-order valence-electron chi connectivity index (χ3n) is 5.19. The third kappa shape index (κ3) is 5.34. The summed E-state index contributed by atoms with van der Waals surface area (Å²) in [6, 6.07) is 11.4.